The van der Waals surface area contributed by atoms with Crippen molar-refractivity contribution in [2.75, 3.05) is 19.8 Å². The van der Waals surface area contributed by atoms with Crippen LogP contribution in [0.1, 0.15) is 22.8 Å². The SMILES string of the molecule is Cc1cccc(C(=O)NCC2(C)COC2)c1[N+](=O)[O-]. The van der Waals surface area contributed by atoms with Crippen LogP contribution < -0.4 is 5.32 Å². The van der Waals surface area contributed by atoms with Crippen LogP contribution in [0.3, 0.4) is 0 Å². The minimum absolute atomic E-state index is 0.0612. The lowest BCUT2D eigenvalue weighted by atomic mass is 9.88. The number of rotatable bonds is 4. The van der Waals surface area contributed by atoms with E-state index in [0.717, 1.165) is 0 Å². The summed E-state index contributed by atoms with van der Waals surface area (Å²) >= 11 is 0. The smallest absolute Gasteiger partial charge is 0.285 e. The number of hydrogen-bond donors (Lipinski definition) is 1. The molecule has 1 fully saturated rings. The highest BCUT2D eigenvalue weighted by Crippen LogP contribution is 2.26. The fourth-order valence-electron chi connectivity index (χ4n) is 2.03. The first kappa shape index (κ1) is 13.5. The largest absolute Gasteiger partial charge is 0.380 e. The molecule has 0 spiro atoms. The Balaban J connectivity index is 2.14. The van der Waals surface area contributed by atoms with Crippen molar-refractivity contribution >= 4 is 11.6 Å². The highest BCUT2D eigenvalue weighted by atomic mass is 16.6. The summed E-state index contributed by atoms with van der Waals surface area (Å²) < 4.78 is 5.10. The monoisotopic (exact) mass is 264 g/mol. The van der Waals surface area contributed by atoms with Gasteiger partial charge in [0.15, 0.2) is 0 Å². The Kier molecular flexibility index (Phi) is 3.53. The average Bonchev–Trinajstić information content (AvgIpc) is 2.32. The van der Waals surface area contributed by atoms with E-state index in [2.05, 4.69) is 5.32 Å². The van der Waals surface area contributed by atoms with Gasteiger partial charge in [-0.3, -0.25) is 14.9 Å². The summed E-state index contributed by atoms with van der Waals surface area (Å²) in [7, 11) is 0. The van der Waals surface area contributed by atoms with Gasteiger partial charge in [-0.25, -0.2) is 0 Å². The number of nitro benzene ring substituents is 1. The minimum atomic E-state index is -0.515. The molecule has 1 N–H and O–H groups in total. The van der Waals surface area contributed by atoms with Crippen LogP contribution >= 0.6 is 0 Å². The molecule has 1 heterocycles. The number of carbonyl (C=O) groups is 1. The van der Waals surface area contributed by atoms with Gasteiger partial charge in [-0.05, 0) is 13.0 Å². The Hall–Kier alpha value is -1.95. The van der Waals surface area contributed by atoms with E-state index in [4.69, 9.17) is 4.74 Å². The maximum Gasteiger partial charge on any atom is 0.285 e. The van der Waals surface area contributed by atoms with Gasteiger partial charge in [0.1, 0.15) is 5.56 Å². The number of nitrogens with zero attached hydrogens (tertiary/aromatic N) is 1. The van der Waals surface area contributed by atoms with Gasteiger partial charge in [0.05, 0.1) is 18.1 Å². The van der Waals surface area contributed by atoms with Crippen LogP contribution in [0.15, 0.2) is 18.2 Å². The molecule has 0 atom stereocenters. The molecule has 0 radical (unpaired) electrons. The molecular weight excluding hydrogens is 248 g/mol. The number of nitro groups is 1. The van der Waals surface area contributed by atoms with Crippen LogP contribution in [-0.4, -0.2) is 30.6 Å². The lowest BCUT2D eigenvalue weighted by molar-refractivity contribution is -0.385. The molecule has 6 nitrogen and oxygen atoms in total. The highest BCUT2D eigenvalue weighted by Gasteiger charge is 2.34. The molecular formula is C13H16N2O4. The second-order valence-corrected chi connectivity index (χ2v) is 5.21. The summed E-state index contributed by atoms with van der Waals surface area (Å²) in [4.78, 5) is 22.6. The zero-order valence-electron chi connectivity index (χ0n) is 10.9. The Morgan fingerprint density at radius 2 is 2.21 bits per heavy atom. The third-order valence-electron chi connectivity index (χ3n) is 3.24. The normalized spacial score (nSPS) is 16.5. The van der Waals surface area contributed by atoms with E-state index in [9.17, 15) is 14.9 Å². The second kappa shape index (κ2) is 4.97. The van der Waals surface area contributed by atoms with Crippen molar-refractivity contribution in [3.63, 3.8) is 0 Å². The first-order valence-electron chi connectivity index (χ1n) is 6.03. The number of para-hydroxylation sites is 1. The summed E-state index contributed by atoms with van der Waals surface area (Å²) in [5, 5.41) is 13.8. The van der Waals surface area contributed by atoms with E-state index < -0.39 is 10.8 Å². The maximum absolute atomic E-state index is 12.1. The van der Waals surface area contributed by atoms with Gasteiger partial charge in [-0.15, -0.1) is 0 Å². The molecule has 1 amide bonds. The fourth-order valence-corrected chi connectivity index (χ4v) is 2.03. The molecule has 2 rings (SSSR count). The van der Waals surface area contributed by atoms with Crippen molar-refractivity contribution in [3.05, 3.63) is 39.4 Å². The summed E-state index contributed by atoms with van der Waals surface area (Å²) in [5.41, 5.74) is 0.397. The summed E-state index contributed by atoms with van der Waals surface area (Å²) in [6.07, 6.45) is 0. The number of benzene rings is 1. The van der Waals surface area contributed by atoms with Gasteiger partial charge in [0.2, 0.25) is 0 Å². The molecule has 0 aliphatic carbocycles. The van der Waals surface area contributed by atoms with Gasteiger partial charge in [-0.2, -0.15) is 0 Å². The van der Waals surface area contributed by atoms with E-state index in [1.807, 2.05) is 6.92 Å². The quantitative estimate of drug-likeness (QED) is 0.662. The number of aryl methyl sites for hydroxylation is 1. The lowest BCUT2D eigenvalue weighted by Crippen LogP contribution is -2.48. The Bertz CT molecular complexity index is 523. The van der Waals surface area contributed by atoms with Gasteiger partial charge >= 0.3 is 0 Å². The first-order valence-corrected chi connectivity index (χ1v) is 6.03. The maximum atomic E-state index is 12.1. The number of nitrogens with one attached hydrogen (secondary N) is 1. The number of hydrogen-bond acceptors (Lipinski definition) is 4. The average molecular weight is 264 g/mol. The molecule has 0 aromatic heterocycles. The predicted molar refractivity (Wildman–Crippen MR) is 69.1 cm³/mol. The van der Waals surface area contributed by atoms with Gasteiger partial charge in [-0.1, -0.05) is 19.1 Å². The lowest BCUT2D eigenvalue weighted by Gasteiger charge is -2.37. The molecule has 0 unspecified atom stereocenters. The Morgan fingerprint density at radius 3 is 2.74 bits per heavy atom. The van der Waals surface area contributed by atoms with E-state index in [1.54, 1.807) is 19.1 Å². The molecule has 1 saturated heterocycles. The third-order valence-corrected chi connectivity index (χ3v) is 3.24. The van der Waals surface area contributed by atoms with Crippen molar-refractivity contribution in [3.8, 4) is 0 Å². The zero-order valence-corrected chi connectivity index (χ0v) is 10.9. The van der Waals surface area contributed by atoms with Crippen LogP contribution in [0.25, 0.3) is 0 Å². The van der Waals surface area contributed by atoms with Gasteiger partial charge in [0.25, 0.3) is 11.6 Å². The Morgan fingerprint density at radius 1 is 1.53 bits per heavy atom. The molecule has 0 saturated carbocycles. The fraction of sp³-hybridized carbons (Fsp3) is 0.462. The van der Waals surface area contributed by atoms with Crippen LogP contribution in [0, 0.1) is 22.5 Å². The molecule has 19 heavy (non-hydrogen) atoms. The highest BCUT2D eigenvalue weighted by molar-refractivity contribution is 5.98. The third kappa shape index (κ3) is 2.73. The predicted octanol–water partition coefficient (Wildman–Crippen LogP) is 1.67. The van der Waals surface area contributed by atoms with Crippen LogP contribution in [-0.2, 0) is 4.74 Å². The molecule has 0 bridgehead atoms. The van der Waals surface area contributed by atoms with E-state index >= 15 is 0 Å². The number of amides is 1. The van der Waals surface area contributed by atoms with Crippen LogP contribution in [0.2, 0.25) is 0 Å². The molecule has 102 valence electrons. The van der Waals surface area contributed by atoms with E-state index in [0.29, 0.717) is 25.3 Å². The minimum Gasteiger partial charge on any atom is -0.380 e. The van der Waals surface area contributed by atoms with Crippen molar-refractivity contribution < 1.29 is 14.5 Å². The molecule has 1 aromatic carbocycles. The zero-order chi connectivity index (χ0) is 14.0. The number of ether oxygens (including phenoxy) is 1. The topological polar surface area (TPSA) is 81.5 Å². The van der Waals surface area contributed by atoms with Crippen LogP contribution in [0.5, 0.6) is 0 Å². The first-order chi connectivity index (χ1) is 8.93. The summed E-state index contributed by atoms with van der Waals surface area (Å²) in [6, 6.07) is 4.74. The molecule has 1 aliphatic rings. The van der Waals surface area contributed by atoms with Gasteiger partial charge < -0.3 is 10.1 Å². The van der Waals surface area contributed by atoms with Gasteiger partial charge in [0, 0.05) is 17.5 Å². The van der Waals surface area contributed by atoms with Crippen molar-refractivity contribution in [2.24, 2.45) is 5.41 Å². The van der Waals surface area contributed by atoms with Crippen LogP contribution in [0.4, 0.5) is 5.69 Å². The second-order valence-electron chi connectivity index (χ2n) is 5.21. The van der Waals surface area contributed by atoms with Crippen molar-refractivity contribution in [2.45, 2.75) is 13.8 Å². The summed E-state index contributed by atoms with van der Waals surface area (Å²) in [6.45, 7) is 5.28. The van der Waals surface area contributed by atoms with Crippen molar-refractivity contribution in [1.82, 2.24) is 5.32 Å². The van der Waals surface area contributed by atoms with E-state index in [1.165, 1.54) is 6.07 Å². The number of carbonyl (C=O) groups excluding carboxylic acids is 1. The Labute approximate surface area is 110 Å². The van der Waals surface area contributed by atoms with Crippen molar-refractivity contribution in [1.29, 1.82) is 0 Å². The summed E-state index contributed by atoms with van der Waals surface area (Å²) in [5.74, 6) is -0.413. The molecule has 1 aliphatic heterocycles. The van der Waals surface area contributed by atoms with E-state index in [-0.39, 0.29) is 16.7 Å². The molecule has 6 heteroatoms. The standard InChI is InChI=1S/C13H16N2O4/c1-9-4-3-5-10(11(9)15(17)18)12(16)14-6-13(2)7-19-8-13/h3-5H,6-8H2,1-2H3,(H,14,16). The molecule has 1 aromatic rings.